The summed E-state index contributed by atoms with van der Waals surface area (Å²) in [5.74, 6) is 0.0489. The lowest BCUT2D eigenvalue weighted by atomic mass is 9.76. The Morgan fingerprint density at radius 3 is 2.43 bits per heavy atom. The number of hydrogen-bond acceptors (Lipinski definition) is 2. The molecule has 1 aliphatic rings. The largest absolute Gasteiger partial charge is 0.389 e. The molecule has 74 valence electrons. The Labute approximate surface area is 83.6 Å². The highest BCUT2D eigenvalue weighted by molar-refractivity contribution is 5.96. The Bertz CT molecular complexity index is 325. The molecule has 0 atom stereocenters. The summed E-state index contributed by atoms with van der Waals surface area (Å²) in [6.07, 6.45) is 2.85. The van der Waals surface area contributed by atoms with Crippen molar-refractivity contribution in [2.24, 2.45) is 0 Å². The first-order valence-corrected chi connectivity index (χ1v) is 5.00. The number of ketones is 1. The predicted molar refractivity (Wildman–Crippen MR) is 54.2 cm³/mol. The first kappa shape index (κ1) is 9.41. The lowest BCUT2D eigenvalue weighted by Gasteiger charge is -2.35. The smallest absolute Gasteiger partial charge is 0.165 e. The molecule has 2 heteroatoms. The lowest BCUT2D eigenvalue weighted by Crippen LogP contribution is -2.38. The minimum atomic E-state index is -0.701. The van der Waals surface area contributed by atoms with Crippen LogP contribution in [0.3, 0.4) is 0 Å². The molecule has 1 fully saturated rings. The standard InChI is InChI=1S/C12H14O2/c13-11(9-12(14)7-4-8-12)10-5-2-1-3-6-10/h1-3,5-6,14H,4,7-9H2. The molecule has 0 unspecified atom stereocenters. The number of carbonyl (C=O) groups excluding carboxylic acids is 1. The zero-order chi connectivity index (χ0) is 10.0. The average Bonchev–Trinajstić information content (AvgIpc) is 2.17. The summed E-state index contributed by atoms with van der Waals surface area (Å²) in [4.78, 5) is 11.7. The molecule has 0 radical (unpaired) electrons. The van der Waals surface area contributed by atoms with Gasteiger partial charge in [0.25, 0.3) is 0 Å². The number of carbonyl (C=O) groups is 1. The zero-order valence-corrected chi connectivity index (χ0v) is 8.07. The second-order valence-electron chi connectivity index (χ2n) is 4.04. The van der Waals surface area contributed by atoms with E-state index in [-0.39, 0.29) is 12.2 Å². The molecule has 1 saturated carbocycles. The number of Topliss-reactive ketones (excluding diaryl/α,β-unsaturated/α-hetero) is 1. The molecule has 1 aliphatic carbocycles. The average molecular weight is 190 g/mol. The van der Waals surface area contributed by atoms with Crippen LogP contribution in [0, 0.1) is 0 Å². The molecule has 0 aromatic heterocycles. The van der Waals surface area contributed by atoms with E-state index in [2.05, 4.69) is 0 Å². The van der Waals surface area contributed by atoms with E-state index in [0.717, 1.165) is 19.3 Å². The monoisotopic (exact) mass is 190 g/mol. The van der Waals surface area contributed by atoms with Gasteiger partial charge in [0.1, 0.15) is 0 Å². The maximum atomic E-state index is 11.7. The van der Waals surface area contributed by atoms with Gasteiger partial charge in [-0.1, -0.05) is 30.3 Å². The summed E-state index contributed by atoms with van der Waals surface area (Å²) in [6, 6.07) is 9.17. The van der Waals surface area contributed by atoms with Crippen LogP contribution in [-0.4, -0.2) is 16.5 Å². The van der Waals surface area contributed by atoms with Crippen molar-refractivity contribution < 1.29 is 9.90 Å². The normalized spacial score (nSPS) is 18.6. The molecule has 2 nitrogen and oxygen atoms in total. The Morgan fingerprint density at radius 2 is 1.93 bits per heavy atom. The Morgan fingerprint density at radius 1 is 1.29 bits per heavy atom. The third-order valence-electron chi connectivity index (χ3n) is 2.87. The lowest BCUT2D eigenvalue weighted by molar-refractivity contribution is -0.0335. The van der Waals surface area contributed by atoms with Gasteiger partial charge in [-0.15, -0.1) is 0 Å². The van der Waals surface area contributed by atoms with Crippen LogP contribution in [0.25, 0.3) is 0 Å². The predicted octanol–water partition coefficient (Wildman–Crippen LogP) is 2.17. The summed E-state index contributed by atoms with van der Waals surface area (Å²) in [7, 11) is 0. The third-order valence-corrected chi connectivity index (χ3v) is 2.87. The maximum Gasteiger partial charge on any atom is 0.165 e. The fourth-order valence-electron chi connectivity index (χ4n) is 1.79. The van der Waals surface area contributed by atoms with Crippen molar-refractivity contribution >= 4 is 5.78 Å². The Hall–Kier alpha value is -1.15. The van der Waals surface area contributed by atoms with Gasteiger partial charge in [0.15, 0.2) is 5.78 Å². The number of benzene rings is 1. The molecule has 1 aromatic rings. The first-order chi connectivity index (χ1) is 6.70. The zero-order valence-electron chi connectivity index (χ0n) is 8.07. The van der Waals surface area contributed by atoms with Crippen molar-refractivity contribution in [3.63, 3.8) is 0 Å². The van der Waals surface area contributed by atoms with Crippen LogP contribution in [0.1, 0.15) is 36.0 Å². The second kappa shape index (κ2) is 3.54. The van der Waals surface area contributed by atoms with Gasteiger partial charge in [0.2, 0.25) is 0 Å². The van der Waals surface area contributed by atoms with Gasteiger partial charge >= 0.3 is 0 Å². The molecule has 0 bridgehead atoms. The summed E-state index contributed by atoms with van der Waals surface area (Å²) in [5.41, 5.74) is 0.000226. The van der Waals surface area contributed by atoms with Crippen LogP contribution in [0.15, 0.2) is 30.3 Å². The quantitative estimate of drug-likeness (QED) is 0.742. The molecule has 0 spiro atoms. The molecule has 0 heterocycles. The van der Waals surface area contributed by atoms with Gasteiger partial charge in [-0.2, -0.15) is 0 Å². The Balaban J connectivity index is 2.03. The third kappa shape index (κ3) is 1.85. The summed E-state index contributed by atoms with van der Waals surface area (Å²) in [5, 5.41) is 9.82. The van der Waals surface area contributed by atoms with Crippen molar-refractivity contribution in [2.75, 3.05) is 0 Å². The SMILES string of the molecule is O=C(CC1(O)CCC1)c1ccccc1. The van der Waals surface area contributed by atoms with Gasteiger partial charge in [-0.25, -0.2) is 0 Å². The molecule has 0 saturated heterocycles. The van der Waals surface area contributed by atoms with Crippen molar-refractivity contribution in [3.05, 3.63) is 35.9 Å². The number of rotatable bonds is 3. The van der Waals surface area contributed by atoms with E-state index in [1.54, 1.807) is 12.1 Å². The topological polar surface area (TPSA) is 37.3 Å². The van der Waals surface area contributed by atoms with E-state index >= 15 is 0 Å². The molecule has 14 heavy (non-hydrogen) atoms. The van der Waals surface area contributed by atoms with E-state index in [0.29, 0.717) is 5.56 Å². The highest BCUT2D eigenvalue weighted by atomic mass is 16.3. The maximum absolute atomic E-state index is 11.7. The second-order valence-corrected chi connectivity index (χ2v) is 4.04. The molecule has 0 aliphatic heterocycles. The molecule has 2 rings (SSSR count). The number of aliphatic hydroxyl groups is 1. The minimum absolute atomic E-state index is 0.0489. The van der Waals surface area contributed by atoms with Crippen molar-refractivity contribution in [1.29, 1.82) is 0 Å². The fourth-order valence-corrected chi connectivity index (χ4v) is 1.79. The van der Waals surface area contributed by atoms with Crippen LogP contribution in [0.5, 0.6) is 0 Å². The van der Waals surface area contributed by atoms with E-state index in [9.17, 15) is 9.90 Å². The Kier molecular flexibility index (Phi) is 2.38. The van der Waals surface area contributed by atoms with Crippen LogP contribution < -0.4 is 0 Å². The van der Waals surface area contributed by atoms with Gasteiger partial charge in [-0.05, 0) is 19.3 Å². The van der Waals surface area contributed by atoms with Crippen molar-refractivity contribution in [3.8, 4) is 0 Å². The van der Waals surface area contributed by atoms with E-state index < -0.39 is 5.60 Å². The summed E-state index contributed by atoms with van der Waals surface area (Å²) >= 11 is 0. The van der Waals surface area contributed by atoms with Crippen LogP contribution in [0.2, 0.25) is 0 Å². The first-order valence-electron chi connectivity index (χ1n) is 5.00. The van der Waals surface area contributed by atoms with Gasteiger partial charge in [0, 0.05) is 12.0 Å². The summed E-state index contributed by atoms with van der Waals surface area (Å²) in [6.45, 7) is 0. The van der Waals surface area contributed by atoms with Gasteiger partial charge < -0.3 is 5.11 Å². The van der Waals surface area contributed by atoms with Crippen molar-refractivity contribution in [2.45, 2.75) is 31.3 Å². The fraction of sp³-hybridized carbons (Fsp3) is 0.417. The van der Waals surface area contributed by atoms with Gasteiger partial charge in [0.05, 0.1) is 5.60 Å². The van der Waals surface area contributed by atoms with Crippen LogP contribution in [0.4, 0.5) is 0 Å². The molecular formula is C12H14O2. The highest BCUT2D eigenvalue weighted by Gasteiger charge is 2.36. The van der Waals surface area contributed by atoms with Crippen LogP contribution >= 0.6 is 0 Å². The molecule has 0 amide bonds. The summed E-state index contributed by atoms with van der Waals surface area (Å²) < 4.78 is 0. The van der Waals surface area contributed by atoms with Crippen LogP contribution in [-0.2, 0) is 0 Å². The minimum Gasteiger partial charge on any atom is -0.389 e. The highest BCUT2D eigenvalue weighted by Crippen LogP contribution is 2.35. The molecule has 1 N–H and O–H groups in total. The number of hydrogen-bond donors (Lipinski definition) is 1. The van der Waals surface area contributed by atoms with Crippen molar-refractivity contribution in [1.82, 2.24) is 0 Å². The van der Waals surface area contributed by atoms with E-state index in [1.165, 1.54) is 0 Å². The van der Waals surface area contributed by atoms with E-state index in [1.807, 2.05) is 18.2 Å². The molecule has 1 aromatic carbocycles. The van der Waals surface area contributed by atoms with Gasteiger partial charge in [-0.3, -0.25) is 4.79 Å². The molecular weight excluding hydrogens is 176 g/mol. The van der Waals surface area contributed by atoms with E-state index in [4.69, 9.17) is 0 Å².